The predicted molar refractivity (Wildman–Crippen MR) is 110 cm³/mol. The molecule has 126 valence electrons. The fraction of sp³-hybridized carbons (Fsp3) is 0.412. The van der Waals surface area contributed by atoms with Crippen molar-refractivity contribution >= 4 is 41.3 Å². The second kappa shape index (κ2) is 9.87. The molecule has 0 fully saturated rings. The zero-order valence-corrected chi connectivity index (χ0v) is 17.3. The number of thiazole rings is 1. The molecule has 1 heterocycles. The number of nitrogens with zero attached hydrogens (tertiary/aromatic N) is 3. The molecule has 1 N–H and O–H groups in total. The Hall–Kier alpha value is -1.15. The van der Waals surface area contributed by atoms with Gasteiger partial charge in [-0.1, -0.05) is 30.3 Å². The van der Waals surface area contributed by atoms with Gasteiger partial charge in [0, 0.05) is 25.0 Å². The first kappa shape index (κ1) is 19.9. The molecule has 1 aromatic heterocycles. The second-order valence-electron chi connectivity index (χ2n) is 5.26. The molecule has 2 aromatic rings. The maximum atomic E-state index is 4.71. The van der Waals surface area contributed by atoms with Gasteiger partial charge < -0.3 is 10.2 Å². The van der Waals surface area contributed by atoms with Crippen LogP contribution < -0.4 is 5.32 Å². The first-order valence-corrected chi connectivity index (χ1v) is 8.38. The number of halogens is 1. The Morgan fingerprint density at radius 2 is 1.96 bits per heavy atom. The van der Waals surface area contributed by atoms with Crippen molar-refractivity contribution in [1.29, 1.82) is 0 Å². The molecule has 0 spiro atoms. The fourth-order valence-corrected chi connectivity index (χ4v) is 3.01. The van der Waals surface area contributed by atoms with E-state index in [1.54, 1.807) is 11.3 Å². The van der Waals surface area contributed by atoms with Gasteiger partial charge in [0.2, 0.25) is 0 Å². The summed E-state index contributed by atoms with van der Waals surface area (Å²) in [4.78, 5) is 12.7. The smallest absolute Gasteiger partial charge is 0.194 e. The lowest BCUT2D eigenvalue weighted by Crippen LogP contribution is -2.38. The van der Waals surface area contributed by atoms with Crippen molar-refractivity contribution in [2.24, 2.45) is 4.99 Å². The third-order valence-electron chi connectivity index (χ3n) is 3.40. The second-order valence-corrected chi connectivity index (χ2v) is 6.55. The van der Waals surface area contributed by atoms with Gasteiger partial charge in [-0.05, 0) is 26.3 Å². The Balaban J connectivity index is 0.00000264. The minimum Gasteiger partial charge on any atom is -0.357 e. The van der Waals surface area contributed by atoms with Crippen molar-refractivity contribution in [3.05, 3.63) is 51.5 Å². The standard InChI is InChI=1S/C17H24N4S.HI/c1-5-18-17(19-11-16-20-13(2)14(3)22-16)21(4)12-15-9-7-6-8-10-15;/h6-10H,5,11-12H2,1-4H3,(H,18,19);1H. The first-order chi connectivity index (χ1) is 10.6. The van der Waals surface area contributed by atoms with E-state index in [0.717, 1.165) is 29.8 Å². The third kappa shape index (κ3) is 6.10. The molecule has 0 aliphatic carbocycles. The number of benzene rings is 1. The van der Waals surface area contributed by atoms with Crippen LogP contribution in [0.2, 0.25) is 0 Å². The molecular formula is C17H25IN4S. The first-order valence-electron chi connectivity index (χ1n) is 7.56. The van der Waals surface area contributed by atoms with Gasteiger partial charge in [0.15, 0.2) is 5.96 Å². The zero-order valence-electron chi connectivity index (χ0n) is 14.2. The summed E-state index contributed by atoms with van der Waals surface area (Å²) >= 11 is 1.73. The number of rotatable bonds is 5. The Labute approximate surface area is 160 Å². The SMILES string of the molecule is CCNC(=NCc1nc(C)c(C)s1)N(C)Cc1ccccc1.I. The minimum atomic E-state index is 0. The molecule has 2 rings (SSSR count). The van der Waals surface area contributed by atoms with Gasteiger partial charge in [-0.3, -0.25) is 0 Å². The third-order valence-corrected chi connectivity index (χ3v) is 4.45. The summed E-state index contributed by atoms with van der Waals surface area (Å²) in [6.45, 7) is 8.56. The molecule has 1 aromatic carbocycles. The molecule has 4 nitrogen and oxygen atoms in total. The molecule has 0 aliphatic rings. The number of nitrogens with one attached hydrogen (secondary N) is 1. The van der Waals surface area contributed by atoms with Crippen molar-refractivity contribution in [3.8, 4) is 0 Å². The molecule has 0 aliphatic heterocycles. The molecule has 23 heavy (non-hydrogen) atoms. The van der Waals surface area contributed by atoms with Crippen molar-refractivity contribution in [3.63, 3.8) is 0 Å². The van der Waals surface area contributed by atoms with E-state index in [0.29, 0.717) is 6.54 Å². The predicted octanol–water partition coefficient (Wildman–Crippen LogP) is 3.98. The normalized spacial score (nSPS) is 11.0. The van der Waals surface area contributed by atoms with Crippen LogP contribution in [0.3, 0.4) is 0 Å². The molecule has 0 atom stereocenters. The molecular weight excluding hydrogens is 419 g/mol. The lowest BCUT2D eigenvalue weighted by atomic mass is 10.2. The van der Waals surface area contributed by atoms with Crippen LogP contribution in [0.5, 0.6) is 0 Å². The lowest BCUT2D eigenvalue weighted by Gasteiger charge is -2.22. The summed E-state index contributed by atoms with van der Waals surface area (Å²) in [5.41, 5.74) is 2.38. The molecule has 0 saturated carbocycles. The molecule has 0 radical (unpaired) electrons. The molecule has 0 bridgehead atoms. The van der Waals surface area contributed by atoms with E-state index >= 15 is 0 Å². The van der Waals surface area contributed by atoms with Crippen LogP contribution in [0, 0.1) is 13.8 Å². The van der Waals surface area contributed by atoms with Gasteiger partial charge in [0.05, 0.1) is 12.2 Å². The van der Waals surface area contributed by atoms with Crippen molar-refractivity contribution < 1.29 is 0 Å². The average molecular weight is 444 g/mol. The highest BCUT2D eigenvalue weighted by molar-refractivity contribution is 14.0. The highest BCUT2D eigenvalue weighted by Crippen LogP contribution is 2.17. The van der Waals surface area contributed by atoms with Gasteiger partial charge >= 0.3 is 0 Å². The van der Waals surface area contributed by atoms with E-state index in [2.05, 4.69) is 60.4 Å². The van der Waals surface area contributed by atoms with E-state index in [1.165, 1.54) is 10.4 Å². The topological polar surface area (TPSA) is 40.5 Å². The van der Waals surface area contributed by atoms with Crippen molar-refractivity contribution in [2.45, 2.75) is 33.9 Å². The molecule has 0 unspecified atom stereocenters. The Morgan fingerprint density at radius 1 is 1.26 bits per heavy atom. The Bertz CT molecular complexity index is 605. The van der Waals surface area contributed by atoms with Crippen LogP contribution in [0.15, 0.2) is 35.3 Å². The monoisotopic (exact) mass is 444 g/mol. The quantitative estimate of drug-likeness (QED) is 0.431. The van der Waals surface area contributed by atoms with E-state index in [9.17, 15) is 0 Å². The Kier molecular flexibility index (Phi) is 8.54. The highest BCUT2D eigenvalue weighted by atomic mass is 127. The van der Waals surface area contributed by atoms with Crippen LogP contribution in [-0.2, 0) is 13.1 Å². The lowest BCUT2D eigenvalue weighted by molar-refractivity contribution is 0.477. The molecule has 6 heteroatoms. The number of hydrogen-bond donors (Lipinski definition) is 1. The summed E-state index contributed by atoms with van der Waals surface area (Å²) < 4.78 is 0. The van der Waals surface area contributed by atoms with Crippen LogP contribution in [0.4, 0.5) is 0 Å². The number of hydrogen-bond acceptors (Lipinski definition) is 3. The van der Waals surface area contributed by atoms with Gasteiger partial charge in [-0.15, -0.1) is 35.3 Å². The van der Waals surface area contributed by atoms with Crippen LogP contribution in [-0.4, -0.2) is 29.4 Å². The van der Waals surface area contributed by atoms with E-state index in [-0.39, 0.29) is 24.0 Å². The van der Waals surface area contributed by atoms with Crippen LogP contribution >= 0.6 is 35.3 Å². The average Bonchev–Trinajstić information content (AvgIpc) is 2.83. The molecule has 0 amide bonds. The number of aliphatic imine (C=N–C) groups is 1. The van der Waals surface area contributed by atoms with Gasteiger partial charge in [-0.25, -0.2) is 9.98 Å². The number of aryl methyl sites for hydroxylation is 2. The van der Waals surface area contributed by atoms with Crippen molar-refractivity contribution in [1.82, 2.24) is 15.2 Å². The Morgan fingerprint density at radius 3 is 2.52 bits per heavy atom. The summed E-state index contributed by atoms with van der Waals surface area (Å²) in [7, 11) is 2.06. The summed E-state index contributed by atoms with van der Waals surface area (Å²) in [6, 6.07) is 10.4. The minimum absolute atomic E-state index is 0. The largest absolute Gasteiger partial charge is 0.357 e. The van der Waals surface area contributed by atoms with Gasteiger partial charge in [0.1, 0.15) is 5.01 Å². The summed E-state index contributed by atoms with van der Waals surface area (Å²) in [5, 5.41) is 4.42. The van der Waals surface area contributed by atoms with Gasteiger partial charge in [0.25, 0.3) is 0 Å². The number of aromatic nitrogens is 1. The molecule has 0 saturated heterocycles. The zero-order chi connectivity index (χ0) is 15.9. The van der Waals surface area contributed by atoms with Crippen LogP contribution in [0.1, 0.15) is 28.1 Å². The fourth-order valence-electron chi connectivity index (χ4n) is 2.15. The van der Waals surface area contributed by atoms with E-state index < -0.39 is 0 Å². The van der Waals surface area contributed by atoms with Crippen molar-refractivity contribution in [2.75, 3.05) is 13.6 Å². The maximum Gasteiger partial charge on any atom is 0.194 e. The summed E-state index contributed by atoms with van der Waals surface area (Å²) in [5.74, 6) is 0.914. The maximum absolute atomic E-state index is 4.71. The van der Waals surface area contributed by atoms with Gasteiger partial charge in [-0.2, -0.15) is 0 Å². The van der Waals surface area contributed by atoms with E-state index in [4.69, 9.17) is 4.99 Å². The van der Waals surface area contributed by atoms with Crippen LogP contribution in [0.25, 0.3) is 0 Å². The highest BCUT2D eigenvalue weighted by Gasteiger charge is 2.08. The summed E-state index contributed by atoms with van der Waals surface area (Å²) in [6.07, 6.45) is 0. The van der Waals surface area contributed by atoms with E-state index in [1.807, 2.05) is 13.0 Å². The number of guanidine groups is 1.